The van der Waals surface area contributed by atoms with Gasteiger partial charge in [0.05, 0.1) is 0 Å². The largest absolute Gasteiger partial charge is 0.381 e. The van der Waals surface area contributed by atoms with Crippen molar-refractivity contribution in [2.75, 3.05) is 19.8 Å². The van der Waals surface area contributed by atoms with E-state index in [0.29, 0.717) is 6.04 Å². The number of nitrogens with one attached hydrogen (secondary N) is 1. The van der Waals surface area contributed by atoms with Crippen molar-refractivity contribution in [3.05, 3.63) is 34.3 Å². The van der Waals surface area contributed by atoms with Crippen LogP contribution in [0.25, 0.3) is 0 Å². The molecule has 0 bridgehead atoms. The van der Waals surface area contributed by atoms with E-state index < -0.39 is 0 Å². The van der Waals surface area contributed by atoms with Gasteiger partial charge in [0.1, 0.15) is 0 Å². The molecule has 18 heavy (non-hydrogen) atoms. The van der Waals surface area contributed by atoms with Crippen molar-refractivity contribution in [1.29, 1.82) is 0 Å². The van der Waals surface area contributed by atoms with Gasteiger partial charge in [-0.1, -0.05) is 35.0 Å². The van der Waals surface area contributed by atoms with Gasteiger partial charge in [-0.05, 0) is 49.4 Å². The summed E-state index contributed by atoms with van der Waals surface area (Å²) in [5.41, 5.74) is 1.39. The smallest absolute Gasteiger partial charge is 0.0468 e. The van der Waals surface area contributed by atoms with E-state index in [2.05, 4.69) is 52.4 Å². The summed E-state index contributed by atoms with van der Waals surface area (Å²) in [5, 5.41) is 3.61. The van der Waals surface area contributed by atoms with Crippen LogP contribution in [0.15, 0.2) is 28.7 Å². The number of rotatable bonds is 5. The molecule has 0 spiro atoms. The average molecular weight is 312 g/mol. The van der Waals surface area contributed by atoms with E-state index in [9.17, 15) is 0 Å². The van der Waals surface area contributed by atoms with E-state index in [1.54, 1.807) is 0 Å². The molecule has 1 aromatic rings. The molecule has 100 valence electrons. The van der Waals surface area contributed by atoms with Crippen molar-refractivity contribution in [1.82, 2.24) is 5.32 Å². The van der Waals surface area contributed by atoms with Gasteiger partial charge in [-0.3, -0.25) is 0 Å². The molecule has 0 radical (unpaired) electrons. The Morgan fingerprint density at radius 2 is 2.17 bits per heavy atom. The summed E-state index contributed by atoms with van der Waals surface area (Å²) in [5.74, 6) is 0.793. The van der Waals surface area contributed by atoms with Gasteiger partial charge in [0.2, 0.25) is 0 Å². The zero-order chi connectivity index (χ0) is 12.8. The summed E-state index contributed by atoms with van der Waals surface area (Å²) in [4.78, 5) is 0. The van der Waals surface area contributed by atoms with Crippen LogP contribution >= 0.6 is 15.9 Å². The van der Waals surface area contributed by atoms with Gasteiger partial charge in [0.25, 0.3) is 0 Å². The molecule has 2 nitrogen and oxygen atoms in total. The highest BCUT2D eigenvalue weighted by atomic mass is 79.9. The molecule has 3 heteroatoms. The maximum Gasteiger partial charge on any atom is 0.0468 e. The summed E-state index contributed by atoms with van der Waals surface area (Å²) in [6.45, 7) is 5.05. The summed E-state index contributed by atoms with van der Waals surface area (Å²) in [6.07, 6.45) is 3.62. The van der Waals surface area contributed by atoms with Crippen LogP contribution in [0.5, 0.6) is 0 Å². The minimum Gasteiger partial charge on any atom is -0.381 e. The van der Waals surface area contributed by atoms with Crippen LogP contribution in [0.2, 0.25) is 0 Å². The third-order valence-electron chi connectivity index (χ3n) is 3.61. The predicted molar refractivity (Wildman–Crippen MR) is 78.7 cm³/mol. The summed E-state index contributed by atoms with van der Waals surface area (Å²) in [7, 11) is 0. The van der Waals surface area contributed by atoms with Crippen LogP contribution in [0, 0.1) is 5.92 Å². The first-order valence-electron chi connectivity index (χ1n) is 6.86. The Labute approximate surface area is 118 Å². The minimum atomic E-state index is 0.468. The van der Waals surface area contributed by atoms with Crippen LogP contribution < -0.4 is 5.32 Å². The van der Waals surface area contributed by atoms with E-state index in [4.69, 9.17) is 4.74 Å². The molecule has 1 N–H and O–H groups in total. The molecule has 1 unspecified atom stereocenters. The standard InChI is InChI=1S/C15H22BrNO/c1-2-17-15(10-12-6-8-18-9-7-12)13-4-3-5-14(16)11-13/h3-5,11-12,15,17H,2,6-10H2,1H3. The van der Waals surface area contributed by atoms with Crippen molar-refractivity contribution in [2.45, 2.75) is 32.2 Å². The van der Waals surface area contributed by atoms with E-state index in [0.717, 1.165) is 30.1 Å². The lowest BCUT2D eigenvalue weighted by molar-refractivity contribution is 0.0606. The Bertz CT molecular complexity index is 363. The molecule has 0 saturated carbocycles. The Morgan fingerprint density at radius 1 is 1.39 bits per heavy atom. The first-order chi connectivity index (χ1) is 8.79. The molecule has 1 aliphatic rings. The molecule has 0 amide bonds. The summed E-state index contributed by atoms with van der Waals surface area (Å²) >= 11 is 3.56. The predicted octanol–water partition coefficient (Wildman–Crippen LogP) is 3.92. The lowest BCUT2D eigenvalue weighted by Crippen LogP contribution is -2.26. The van der Waals surface area contributed by atoms with Crippen LogP contribution in [0.4, 0.5) is 0 Å². The van der Waals surface area contributed by atoms with E-state index in [1.165, 1.54) is 24.8 Å². The van der Waals surface area contributed by atoms with Crippen LogP contribution in [-0.2, 0) is 4.74 Å². The highest BCUT2D eigenvalue weighted by Crippen LogP contribution is 2.28. The molecular weight excluding hydrogens is 290 g/mol. The molecule has 1 aromatic carbocycles. The van der Waals surface area contributed by atoms with Gasteiger partial charge in [0, 0.05) is 23.7 Å². The molecule has 1 atom stereocenters. The van der Waals surface area contributed by atoms with Gasteiger partial charge in [-0.15, -0.1) is 0 Å². The highest BCUT2D eigenvalue weighted by Gasteiger charge is 2.20. The quantitative estimate of drug-likeness (QED) is 0.890. The number of benzene rings is 1. The summed E-state index contributed by atoms with van der Waals surface area (Å²) in [6, 6.07) is 9.12. The first-order valence-corrected chi connectivity index (χ1v) is 7.65. The normalized spacial score (nSPS) is 18.8. The van der Waals surface area contributed by atoms with Crippen LogP contribution in [-0.4, -0.2) is 19.8 Å². The number of hydrogen-bond donors (Lipinski definition) is 1. The van der Waals surface area contributed by atoms with Gasteiger partial charge < -0.3 is 10.1 Å². The first kappa shape index (κ1) is 14.0. The van der Waals surface area contributed by atoms with Gasteiger partial charge >= 0.3 is 0 Å². The Balaban J connectivity index is 2.02. The summed E-state index contributed by atoms with van der Waals surface area (Å²) < 4.78 is 6.60. The van der Waals surface area contributed by atoms with Crippen molar-refractivity contribution in [3.8, 4) is 0 Å². The molecule has 1 aliphatic heterocycles. The Kier molecular flexibility index (Phi) is 5.67. The fraction of sp³-hybridized carbons (Fsp3) is 0.600. The van der Waals surface area contributed by atoms with Crippen LogP contribution in [0.1, 0.15) is 37.8 Å². The highest BCUT2D eigenvalue weighted by molar-refractivity contribution is 9.10. The SMILES string of the molecule is CCNC(CC1CCOCC1)c1cccc(Br)c1. The second kappa shape index (κ2) is 7.27. The average Bonchev–Trinajstić information content (AvgIpc) is 2.39. The maximum absolute atomic E-state index is 5.44. The molecule has 1 fully saturated rings. The third kappa shape index (κ3) is 4.08. The Hall–Kier alpha value is -0.380. The van der Waals surface area contributed by atoms with Crippen molar-refractivity contribution < 1.29 is 4.74 Å². The molecule has 1 saturated heterocycles. The molecule has 0 aliphatic carbocycles. The van der Waals surface area contributed by atoms with Gasteiger partial charge in [-0.25, -0.2) is 0 Å². The van der Waals surface area contributed by atoms with Crippen molar-refractivity contribution in [3.63, 3.8) is 0 Å². The number of ether oxygens (including phenoxy) is 1. The number of hydrogen-bond acceptors (Lipinski definition) is 2. The van der Waals surface area contributed by atoms with Gasteiger partial charge in [0.15, 0.2) is 0 Å². The van der Waals surface area contributed by atoms with E-state index >= 15 is 0 Å². The van der Waals surface area contributed by atoms with E-state index in [-0.39, 0.29) is 0 Å². The zero-order valence-electron chi connectivity index (χ0n) is 11.0. The monoisotopic (exact) mass is 311 g/mol. The molecule has 0 aromatic heterocycles. The van der Waals surface area contributed by atoms with Crippen LogP contribution in [0.3, 0.4) is 0 Å². The fourth-order valence-corrected chi connectivity index (χ4v) is 3.04. The lowest BCUT2D eigenvalue weighted by Gasteiger charge is -2.27. The Morgan fingerprint density at radius 3 is 2.83 bits per heavy atom. The molecule has 1 heterocycles. The van der Waals surface area contributed by atoms with Crippen molar-refractivity contribution in [2.24, 2.45) is 5.92 Å². The second-order valence-corrected chi connectivity index (χ2v) is 5.87. The molecular formula is C15H22BrNO. The zero-order valence-corrected chi connectivity index (χ0v) is 12.6. The van der Waals surface area contributed by atoms with Crippen molar-refractivity contribution >= 4 is 15.9 Å². The van der Waals surface area contributed by atoms with Gasteiger partial charge in [-0.2, -0.15) is 0 Å². The second-order valence-electron chi connectivity index (χ2n) is 4.96. The minimum absolute atomic E-state index is 0.468. The third-order valence-corrected chi connectivity index (χ3v) is 4.10. The number of halogens is 1. The topological polar surface area (TPSA) is 21.3 Å². The lowest BCUT2D eigenvalue weighted by atomic mass is 9.89. The fourth-order valence-electron chi connectivity index (χ4n) is 2.62. The maximum atomic E-state index is 5.44. The van der Waals surface area contributed by atoms with E-state index in [1.807, 2.05) is 0 Å². The molecule has 2 rings (SSSR count).